The Morgan fingerprint density at radius 2 is 1.54 bits per heavy atom. The van der Waals surface area contributed by atoms with Crippen molar-refractivity contribution in [2.24, 2.45) is 0 Å². The Morgan fingerprint density at radius 1 is 0.892 bits per heavy atom. The first-order valence-corrected chi connectivity index (χ1v) is 13.7. The van der Waals surface area contributed by atoms with E-state index >= 15 is 0 Å². The molecule has 1 N–H and O–H groups in total. The summed E-state index contributed by atoms with van der Waals surface area (Å²) >= 11 is 6.54. The number of nitrogens with zero attached hydrogens (tertiary/aromatic N) is 1. The van der Waals surface area contributed by atoms with Gasteiger partial charge in [0.15, 0.2) is 0 Å². The summed E-state index contributed by atoms with van der Waals surface area (Å²) < 4.78 is 0. The molecule has 3 aromatic rings. The molecule has 4 nitrogen and oxygen atoms in total. The molecule has 1 atom stereocenters. The summed E-state index contributed by atoms with van der Waals surface area (Å²) in [6, 6.07) is 23.2. The van der Waals surface area contributed by atoms with Gasteiger partial charge >= 0.3 is 0 Å². The normalized spacial score (nSPS) is 14.7. The van der Waals surface area contributed by atoms with Crippen molar-refractivity contribution in [3.63, 3.8) is 0 Å². The number of hydrogen-bond donors (Lipinski definition) is 1. The predicted molar refractivity (Wildman–Crippen MR) is 151 cm³/mol. The van der Waals surface area contributed by atoms with Crippen LogP contribution < -0.4 is 5.32 Å². The molecule has 4 rings (SSSR count). The number of carbonyl (C=O) groups is 2. The molecule has 0 aliphatic heterocycles. The van der Waals surface area contributed by atoms with E-state index in [0.29, 0.717) is 11.4 Å². The van der Waals surface area contributed by atoms with Crippen LogP contribution in [0.2, 0.25) is 5.02 Å². The van der Waals surface area contributed by atoms with Crippen LogP contribution in [0.4, 0.5) is 0 Å². The van der Waals surface area contributed by atoms with Gasteiger partial charge in [0.25, 0.3) is 0 Å². The van der Waals surface area contributed by atoms with Gasteiger partial charge in [-0.3, -0.25) is 9.59 Å². The standard InChI is InChI=1S/C32H37ClN2O2/c1-23-17-24(2)19-26(18-23)21-31(36)35(22-27-13-9-10-16-29(27)33)30(20-25-11-5-3-6-12-25)32(37)34-28-14-7-4-8-15-28/h3,5-6,9-13,16-19,28,30H,4,7-8,14-15,20-22H2,1-2H3,(H,34,37)/t30-/m1/s1. The molecule has 194 valence electrons. The van der Waals surface area contributed by atoms with Crippen LogP contribution in [0.1, 0.15) is 59.9 Å². The maximum atomic E-state index is 14.0. The van der Waals surface area contributed by atoms with Crippen molar-refractivity contribution in [1.29, 1.82) is 0 Å². The number of halogens is 1. The molecule has 1 saturated carbocycles. The molecule has 0 unspecified atom stereocenters. The minimum atomic E-state index is -0.640. The molecule has 0 heterocycles. The zero-order valence-electron chi connectivity index (χ0n) is 21.9. The number of rotatable bonds is 9. The lowest BCUT2D eigenvalue weighted by Crippen LogP contribution is -2.53. The molecule has 37 heavy (non-hydrogen) atoms. The average Bonchev–Trinajstić information content (AvgIpc) is 2.87. The highest BCUT2D eigenvalue weighted by atomic mass is 35.5. The van der Waals surface area contributed by atoms with E-state index in [-0.39, 0.29) is 30.8 Å². The van der Waals surface area contributed by atoms with Gasteiger partial charge in [0.1, 0.15) is 6.04 Å². The summed E-state index contributed by atoms with van der Waals surface area (Å²) in [4.78, 5) is 29.6. The second-order valence-electron chi connectivity index (χ2n) is 10.3. The minimum absolute atomic E-state index is 0.0790. The molecule has 5 heteroatoms. The summed E-state index contributed by atoms with van der Waals surface area (Å²) in [6.45, 7) is 4.36. The molecule has 2 amide bonds. The number of carbonyl (C=O) groups excluding carboxylic acids is 2. The summed E-state index contributed by atoms with van der Waals surface area (Å²) in [7, 11) is 0. The van der Waals surface area contributed by atoms with Crippen LogP contribution in [0, 0.1) is 13.8 Å². The van der Waals surface area contributed by atoms with Crippen LogP contribution in [-0.2, 0) is 29.0 Å². The highest BCUT2D eigenvalue weighted by Crippen LogP contribution is 2.23. The molecule has 0 aromatic heterocycles. The molecule has 1 fully saturated rings. The van der Waals surface area contributed by atoms with Gasteiger partial charge in [-0.05, 0) is 49.4 Å². The third kappa shape index (κ3) is 7.69. The third-order valence-electron chi connectivity index (χ3n) is 7.16. The van der Waals surface area contributed by atoms with E-state index in [1.807, 2.05) is 80.6 Å². The Hall–Kier alpha value is -3.11. The van der Waals surface area contributed by atoms with Gasteiger partial charge in [0.2, 0.25) is 11.8 Å². The third-order valence-corrected chi connectivity index (χ3v) is 7.53. The van der Waals surface area contributed by atoms with Crippen molar-refractivity contribution in [3.8, 4) is 0 Å². The fourth-order valence-corrected chi connectivity index (χ4v) is 5.55. The zero-order valence-corrected chi connectivity index (χ0v) is 22.6. The number of benzene rings is 3. The lowest BCUT2D eigenvalue weighted by Gasteiger charge is -2.34. The minimum Gasteiger partial charge on any atom is -0.352 e. The molecule has 0 spiro atoms. The maximum Gasteiger partial charge on any atom is 0.243 e. The van der Waals surface area contributed by atoms with Crippen molar-refractivity contribution in [3.05, 3.63) is 106 Å². The Labute approximate surface area is 226 Å². The van der Waals surface area contributed by atoms with E-state index < -0.39 is 6.04 Å². The van der Waals surface area contributed by atoms with Crippen molar-refractivity contribution in [2.75, 3.05) is 0 Å². The second kappa shape index (κ2) is 12.9. The van der Waals surface area contributed by atoms with Gasteiger partial charge < -0.3 is 10.2 Å². The average molecular weight is 517 g/mol. The van der Waals surface area contributed by atoms with Gasteiger partial charge in [-0.15, -0.1) is 0 Å². The molecular weight excluding hydrogens is 480 g/mol. The fraction of sp³-hybridized carbons (Fsp3) is 0.375. The van der Waals surface area contributed by atoms with E-state index in [1.54, 1.807) is 4.90 Å². The maximum absolute atomic E-state index is 14.0. The lowest BCUT2D eigenvalue weighted by atomic mass is 9.94. The molecule has 1 aliphatic carbocycles. The van der Waals surface area contributed by atoms with E-state index in [9.17, 15) is 9.59 Å². The van der Waals surface area contributed by atoms with Gasteiger partial charge in [-0.1, -0.05) is 109 Å². The first kappa shape index (κ1) is 26.9. The molecule has 0 radical (unpaired) electrons. The van der Waals surface area contributed by atoms with Crippen LogP contribution in [0.25, 0.3) is 0 Å². The van der Waals surface area contributed by atoms with Crippen molar-refractivity contribution >= 4 is 23.4 Å². The van der Waals surface area contributed by atoms with Crippen LogP contribution >= 0.6 is 11.6 Å². The van der Waals surface area contributed by atoms with Crippen LogP contribution in [-0.4, -0.2) is 28.8 Å². The number of aryl methyl sites for hydroxylation is 2. The van der Waals surface area contributed by atoms with Crippen LogP contribution in [0.5, 0.6) is 0 Å². The fourth-order valence-electron chi connectivity index (χ4n) is 5.36. The Balaban J connectivity index is 1.68. The number of hydrogen-bond acceptors (Lipinski definition) is 2. The Morgan fingerprint density at radius 3 is 2.22 bits per heavy atom. The molecule has 0 bridgehead atoms. The monoisotopic (exact) mass is 516 g/mol. The zero-order chi connectivity index (χ0) is 26.2. The molecular formula is C32H37ClN2O2. The highest BCUT2D eigenvalue weighted by molar-refractivity contribution is 6.31. The molecule has 1 aliphatic rings. The van der Waals surface area contributed by atoms with Gasteiger partial charge in [-0.25, -0.2) is 0 Å². The van der Waals surface area contributed by atoms with Gasteiger partial charge in [0.05, 0.1) is 6.42 Å². The predicted octanol–water partition coefficient (Wildman–Crippen LogP) is 6.59. The van der Waals surface area contributed by atoms with E-state index in [2.05, 4.69) is 11.4 Å². The van der Waals surface area contributed by atoms with E-state index in [4.69, 9.17) is 11.6 Å². The van der Waals surface area contributed by atoms with E-state index in [1.165, 1.54) is 6.42 Å². The van der Waals surface area contributed by atoms with Gasteiger partial charge in [-0.2, -0.15) is 0 Å². The summed E-state index contributed by atoms with van der Waals surface area (Å²) in [5.74, 6) is -0.166. The van der Waals surface area contributed by atoms with Gasteiger partial charge in [0, 0.05) is 24.0 Å². The SMILES string of the molecule is Cc1cc(C)cc(CC(=O)N(Cc2ccccc2Cl)[C@H](Cc2ccccc2)C(=O)NC2CCCCC2)c1. The number of amides is 2. The summed E-state index contributed by atoms with van der Waals surface area (Å²) in [5.41, 5.74) is 5.06. The van der Waals surface area contributed by atoms with Crippen molar-refractivity contribution in [1.82, 2.24) is 10.2 Å². The molecule has 0 saturated heterocycles. The number of nitrogens with one attached hydrogen (secondary N) is 1. The summed E-state index contributed by atoms with van der Waals surface area (Å²) in [5, 5.41) is 3.89. The second-order valence-corrected chi connectivity index (χ2v) is 10.7. The summed E-state index contributed by atoms with van der Waals surface area (Å²) in [6.07, 6.45) is 6.13. The van der Waals surface area contributed by atoms with E-state index in [0.717, 1.165) is 53.5 Å². The van der Waals surface area contributed by atoms with Crippen molar-refractivity contribution in [2.45, 2.75) is 77.4 Å². The van der Waals surface area contributed by atoms with Crippen molar-refractivity contribution < 1.29 is 9.59 Å². The quantitative estimate of drug-likeness (QED) is 0.349. The smallest absolute Gasteiger partial charge is 0.243 e. The van der Waals surface area contributed by atoms with Crippen LogP contribution in [0.15, 0.2) is 72.8 Å². The largest absolute Gasteiger partial charge is 0.352 e. The lowest BCUT2D eigenvalue weighted by molar-refractivity contribution is -0.141. The Kier molecular flexibility index (Phi) is 9.40. The van der Waals surface area contributed by atoms with Crippen LogP contribution in [0.3, 0.4) is 0 Å². The first-order chi connectivity index (χ1) is 17.9. The Bertz CT molecular complexity index is 1180. The topological polar surface area (TPSA) is 49.4 Å². The molecule has 3 aromatic carbocycles. The first-order valence-electron chi connectivity index (χ1n) is 13.3. The highest BCUT2D eigenvalue weighted by Gasteiger charge is 2.32.